The van der Waals surface area contributed by atoms with Gasteiger partial charge in [-0.2, -0.15) is 0 Å². The maximum atomic E-state index is 11.3. The van der Waals surface area contributed by atoms with Crippen LogP contribution in [-0.2, 0) is 6.42 Å². The third-order valence-electron chi connectivity index (χ3n) is 5.86. The summed E-state index contributed by atoms with van der Waals surface area (Å²) in [6.07, 6.45) is 6.20. The first-order chi connectivity index (χ1) is 11.6. The normalized spacial score (nSPS) is 22.7. The molecule has 5 nitrogen and oxygen atoms in total. The Balaban J connectivity index is 1.58. The number of likely N-dealkylation sites (tertiary alicyclic amines) is 1. The maximum absolute atomic E-state index is 11.3. The van der Waals surface area contributed by atoms with E-state index in [2.05, 4.69) is 17.4 Å². The van der Waals surface area contributed by atoms with Gasteiger partial charge in [-0.15, -0.1) is 0 Å². The van der Waals surface area contributed by atoms with Gasteiger partial charge in [-0.05, 0) is 55.3 Å². The molecule has 1 aromatic carbocycles. The van der Waals surface area contributed by atoms with Gasteiger partial charge in [-0.25, -0.2) is 4.79 Å². The van der Waals surface area contributed by atoms with Crippen LogP contribution in [0.25, 0.3) is 0 Å². The number of piperidine rings is 1. The Kier molecular flexibility index (Phi) is 5.29. The fourth-order valence-corrected chi connectivity index (χ4v) is 4.35. The van der Waals surface area contributed by atoms with Gasteiger partial charge < -0.3 is 20.1 Å². The lowest BCUT2D eigenvalue weighted by atomic mass is 9.73. The Labute approximate surface area is 144 Å². The molecule has 3 rings (SSSR count). The Morgan fingerprint density at radius 1 is 1.29 bits per heavy atom. The number of methoxy groups -OCH3 is 1. The molecule has 1 atom stereocenters. The number of rotatable bonds is 5. The van der Waals surface area contributed by atoms with E-state index in [9.17, 15) is 9.90 Å². The zero-order valence-electron chi connectivity index (χ0n) is 14.5. The van der Waals surface area contributed by atoms with E-state index in [1.807, 2.05) is 12.1 Å². The van der Waals surface area contributed by atoms with Gasteiger partial charge in [0.25, 0.3) is 0 Å². The highest BCUT2D eigenvalue weighted by Crippen LogP contribution is 2.46. The summed E-state index contributed by atoms with van der Waals surface area (Å²) >= 11 is 0. The van der Waals surface area contributed by atoms with E-state index in [4.69, 9.17) is 4.74 Å². The average Bonchev–Trinajstić information content (AvgIpc) is 3.06. The van der Waals surface area contributed by atoms with Crippen LogP contribution in [0, 0.1) is 5.41 Å². The van der Waals surface area contributed by atoms with Gasteiger partial charge in [0.15, 0.2) is 0 Å². The van der Waals surface area contributed by atoms with Crippen LogP contribution in [-0.4, -0.2) is 48.9 Å². The molecule has 1 aliphatic heterocycles. The summed E-state index contributed by atoms with van der Waals surface area (Å²) in [5, 5.41) is 13.0. The summed E-state index contributed by atoms with van der Waals surface area (Å²) < 4.78 is 5.19. The average molecular weight is 332 g/mol. The number of amides is 1. The van der Waals surface area contributed by atoms with Crippen molar-refractivity contribution in [3.8, 4) is 5.75 Å². The lowest BCUT2D eigenvalue weighted by molar-refractivity contribution is 0.0601. The molecule has 0 radical (unpaired) electrons. The van der Waals surface area contributed by atoms with Crippen molar-refractivity contribution in [1.29, 1.82) is 0 Å². The van der Waals surface area contributed by atoms with Crippen LogP contribution in [0.4, 0.5) is 4.79 Å². The molecule has 1 spiro atoms. The van der Waals surface area contributed by atoms with E-state index in [1.54, 1.807) is 12.0 Å². The first kappa shape index (κ1) is 17.1. The number of ether oxygens (including phenoxy) is 1. The van der Waals surface area contributed by atoms with Crippen LogP contribution in [0.1, 0.15) is 37.7 Å². The van der Waals surface area contributed by atoms with Crippen molar-refractivity contribution in [3.05, 3.63) is 29.8 Å². The number of carbonyl (C=O) groups is 1. The van der Waals surface area contributed by atoms with Crippen molar-refractivity contribution >= 4 is 6.09 Å². The fraction of sp³-hybridized carbons (Fsp3) is 0.632. The molecule has 1 aliphatic carbocycles. The number of benzene rings is 1. The third-order valence-corrected chi connectivity index (χ3v) is 5.86. The molecule has 0 aromatic heterocycles. The van der Waals surface area contributed by atoms with Crippen LogP contribution in [0.2, 0.25) is 0 Å². The topological polar surface area (TPSA) is 61.8 Å². The van der Waals surface area contributed by atoms with Crippen LogP contribution < -0.4 is 10.1 Å². The lowest BCUT2D eigenvalue weighted by Crippen LogP contribution is -2.57. The summed E-state index contributed by atoms with van der Waals surface area (Å²) in [4.78, 5) is 12.9. The molecule has 1 saturated carbocycles. The number of nitrogens with zero attached hydrogens (tertiary/aromatic N) is 1. The molecule has 0 unspecified atom stereocenters. The van der Waals surface area contributed by atoms with Crippen LogP contribution in [0.3, 0.4) is 0 Å². The molecule has 1 amide bonds. The first-order valence-corrected chi connectivity index (χ1v) is 8.97. The maximum Gasteiger partial charge on any atom is 0.407 e. The highest BCUT2D eigenvalue weighted by molar-refractivity contribution is 5.65. The number of hydrogen-bond acceptors (Lipinski definition) is 3. The second-order valence-electron chi connectivity index (χ2n) is 7.15. The largest absolute Gasteiger partial charge is 0.497 e. The van der Waals surface area contributed by atoms with Crippen molar-refractivity contribution in [2.24, 2.45) is 5.41 Å². The highest BCUT2D eigenvalue weighted by atomic mass is 16.5. The first-order valence-electron chi connectivity index (χ1n) is 8.97. The van der Waals surface area contributed by atoms with Crippen molar-refractivity contribution < 1.29 is 14.6 Å². The summed E-state index contributed by atoms with van der Waals surface area (Å²) in [5.74, 6) is 0.876. The minimum atomic E-state index is -0.787. The zero-order chi connectivity index (χ0) is 17.0. The molecule has 1 saturated heterocycles. The van der Waals surface area contributed by atoms with Crippen molar-refractivity contribution in [3.63, 3.8) is 0 Å². The molecule has 1 aromatic rings. The number of hydrogen-bond donors (Lipinski definition) is 2. The van der Waals surface area contributed by atoms with Crippen LogP contribution >= 0.6 is 0 Å². The molecule has 24 heavy (non-hydrogen) atoms. The van der Waals surface area contributed by atoms with Gasteiger partial charge in [0, 0.05) is 19.1 Å². The zero-order valence-corrected chi connectivity index (χ0v) is 14.5. The van der Waals surface area contributed by atoms with E-state index in [0.717, 1.165) is 25.1 Å². The SMILES string of the molecule is COc1ccc(CCN[C@H]2CN(C(=O)O)CCC23CCCC3)cc1. The fourth-order valence-electron chi connectivity index (χ4n) is 4.35. The molecule has 2 fully saturated rings. The molecular weight excluding hydrogens is 304 g/mol. The summed E-state index contributed by atoms with van der Waals surface area (Å²) in [5.41, 5.74) is 1.58. The minimum absolute atomic E-state index is 0.281. The Morgan fingerprint density at radius 2 is 2.00 bits per heavy atom. The van der Waals surface area contributed by atoms with Crippen molar-refractivity contribution in [2.45, 2.75) is 44.6 Å². The van der Waals surface area contributed by atoms with E-state index >= 15 is 0 Å². The van der Waals surface area contributed by atoms with Crippen molar-refractivity contribution in [1.82, 2.24) is 10.2 Å². The number of carboxylic acid groups (broad SMARTS) is 1. The van der Waals surface area contributed by atoms with E-state index in [1.165, 1.54) is 31.2 Å². The third kappa shape index (κ3) is 3.66. The van der Waals surface area contributed by atoms with Gasteiger partial charge in [0.2, 0.25) is 0 Å². The quantitative estimate of drug-likeness (QED) is 0.869. The van der Waals surface area contributed by atoms with Crippen LogP contribution in [0.5, 0.6) is 5.75 Å². The Morgan fingerprint density at radius 3 is 2.62 bits per heavy atom. The second-order valence-corrected chi connectivity index (χ2v) is 7.15. The number of nitrogens with one attached hydrogen (secondary N) is 1. The van der Waals surface area contributed by atoms with E-state index in [-0.39, 0.29) is 6.04 Å². The second kappa shape index (κ2) is 7.43. The molecular formula is C19H28N2O3. The van der Waals surface area contributed by atoms with Gasteiger partial charge in [-0.1, -0.05) is 25.0 Å². The summed E-state index contributed by atoms with van der Waals surface area (Å²) in [6.45, 7) is 2.19. The monoisotopic (exact) mass is 332 g/mol. The van der Waals surface area contributed by atoms with E-state index in [0.29, 0.717) is 18.5 Å². The minimum Gasteiger partial charge on any atom is -0.497 e. The Hall–Kier alpha value is -1.75. The van der Waals surface area contributed by atoms with Gasteiger partial charge in [-0.3, -0.25) is 0 Å². The molecule has 5 heteroatoms. The Bertz CT molecular complexity index is 552. The van der Waals surface area contributed by atoms with Gasteiger partial charge in [0.1, 0.15) is 5.75 Å². The van der Waals surface area contributed by atoms with Gasteiger partial charge in [0.05, 0.1) is 7.11 Å². The van der Waals surface area contributed by atoms with Crippen molar-refractivity contribution in [2.75, 3.05) is 26.7 Å². The predicted octanol–water partition coefficient (Wildman–Crippen LogP) is 3.14. The summed E-state index contributed by atoms with van der Waals surface area (Å²) in [6, 6.07) is 8.44. The molecule has 2 N–H and O–H groups in total. The molecule has 0 bridgehead atoms. The standard InChI is InChI=1S/C19H28N2O3/c1-24-16-6-4-15(5-7-16)8-12-20-17-14-21(18(22)23)13-11-19(17)9-2-3-10-19/h4-7,17,20H,2-3,8-14H2,1H3,(H,22,23)/t17-/m0/s1. The van der Waals surface area contributed by atoms with Crippen LogP contribution in [0.15, 0.2) is 24.3 Å². The molecule has 1 heterocycles. The molecule has 2 aliphatic rings. The smallest absolute Gasteiger partial charge is 0.407 e. The summed E-state index contributed by atoms with van der Waals surface area (Å²) in [7, 11) is 1.68. The highest BCUT2D eigenvalue weighted by Gasteiger charge is 2.45. The lowest BCUT2D eigenvalue weighted by Gasteiger charge is -2.45. The van der Waals surface area contributed by atoms with E-state index < -0.39 is 6.09 Å². The molecule has 132 valence electrons. The predicted molar refractivity (Wildman–Crippen MR) is 93.6 cm³/mol. The van der Waals surface area contributed by atoms with Gasteiger partial charge >= 0.3 is 6.09 Å².